The smallest absolute Gasteiger partial charge is 0.335 e. The molecule has 0 radical (unpaired) electrons. The molecule has 1 heterocycles. The first-order valence-corrected chi connectivity index (χ1v) is 10.2. The molecule has 1 aliphatic carbocycles. The number of carbonyl (C=O) groups excluding carboxylic acids is 1. The lowest BCUT2D eigenvalue weighted by atomic mass is 10.1. The Balaban J connectivity index is 1.57. The quantitative estimate of drug-likeness (QED) is 0.565. The first-order chi connectivity index (χ1) is 13.6. The van der Waals surface area contributed by atoms with E-state index in [9.17, 15) is 14.9 Å². The van der Waals surface area contributed by atoms with Crippen molar-refractivity contribution >= 4 is 29.3 Å². The molecule has 6 nitrogen and oxygen atoms in total. The molecule has 3 rings (SSSR count). The number of aryl methyl sites for hydroxylation is 2. The van der Waals surface area contributed by atoms with Crippen LogP contribution in [0.15, 0.2) is 35.4 Å². The Hall–Kier alpha value is -2.85. The Morgan fingerprint density at radius 2 is 1.93 bits per heavy atom. The van der Waals surface area contributed by atoms with E-state index in [0.717, 1.165) is 31.4 Å². The van der Waals surface area contributed by atoms with Gasteiger partial charge in [-0.15, -0.1) is 11.8 Å². The number of pyridine rings is 1. The second-order valence-electron chi connectivity index (χ2n) is 6.65. The summed E-state index contributed by atoms with van der Waals surface area (Å²) < 4.78 is 0. The SMILES string of the molecule is N#Cc1cc2c(nc1SCCC(=O)Nc1ccc(C(=O)O)cc1)CCCCC2. The van der Waals surface area contributed by atoms with Crippen LogP contribution >= 0.6 is 11.8 Å². The highest BCUT2D eigenvalue weighted by Gasteiger charge is 2.15. The second-order valence-corrected chi connectivity index (χ2v) is 7.73. The second kappa shape index (κ2) is 9.38. The van der Waals surface area contributed by atoms with Gasteiger partial charge < -0.3 is 10.4 Å². The van der Waals surface area contributed by atoms with E-state index in [2.05, 4.69) is 11.4 Å². The number of fused-ring (bicyclic) bond motifs is 1. The van der Waals surface area contributed by atoms with E-state index in [1.807, 2.05) is 6.07 Å². The summed E-state index contributed by atoms with van der Waals surface area (Å²) in [5.74, 6) is -0.654. The Morgan fingerprint density at radius 3 is 2.64 bits per heavy atom. The van der Waals surface area contributed by atoms with Gasteiger partial charge in [0.1, 0.15) is 11.1 Å². The molecule has 1 aromatic carbocycles. The number of carboxylic acid groups (broad SMARTS) is 1. The minimum absolute atomic E-state index is 0.163. The van der Waals surface area contributed by atoms with Crippen molar-refractivity contribution in [2.75, 3.05) is 11.1 Å². The van der Waals surface area contributed by atoms with Crippen molar-refractivity contribution in [3.8, 4) is 6.07 Å². The number of aromatic nitrogens is 1. The van der Waals surface area contributed by atoms with Crippen LogP contribution in [0.3, 0.4) is 0 Å². The van der Waals surface area contributed by atoms with Gasteiger partial charge in [-0.25, -0.2) is 9.78 Å². The van der Waals surface area contributed by atoms with Gasteiger partial charge in [-0.2, -0.15) is 5.26 Å². The maximum atomic E-state index is 12.1. The summed E-state index contributed by atoms with van der Waals surface area (Å²) in [7, 11) is 0. The highest BCUT2D eigenvalue weighted by atomic mass is 32.2. The fourth-order valence-electron chi connectivity index (χ4n) is 3.14. The number of anilines is 1. The van der Waals surface area contributed by atoms with Gasteiger partial charge in [0.05, 0.1) is 11.1 Å². The molecule has 0 atom stereocenters. The van der Waals surface area contributed by atoms with Crippen LogP contribution < -0.4 is 5.32 Å². The molecule has 1 amide bonds. The Morgan fingerprint density at radius 1 is 1.18 bits per heavy atom. The zero-order valence-electron chi connectivity index (χ0n) is 15.4. The molecule has 2 aromatic rings. The fraction of sp³-hybridized carbons (Fsp3) is 0.333. The van der Waals surface area contributed by atoms with E-state index in [1.165, 1.54) is 35.9 Å². The number of benzene rings is 1. The van der Waals surface area contributed by atoms with Crippen molar-refractivity contribution in [1.82, 2.24) is 4.98 Å². The van der Waals surface area contributed by atoms with Crippen LogP contribution in [-0.4, -0.2) is 27.7 Å². The Bertz CT molecular complexity index is 920. The molecule has 1 aliphatic rings. The minimum atomic E-state index is -1.00. The number of thioether (sulfide) groups is 1. The monoisotopic (exact) mass is 395 g/mol. The highest BCUT2D eigenvalue weighted by molar-refractivity contribution is 7.99. The number of carboxylic acids is 1. The predicted molar refractivity (Wildman–Crippen MR) is 108 cm³/mol. The van der Waals surface area contributed by atoms with Crippen molar-refractivity contribution in [3.63, 3.8) is 0 Å². The minimum Gasteiger partial charge on any atom is -0.478 e. The molecule has 0 fully saturated rings. The summed E-state index contributed by atoms with van der Waals surface area (Å²) in [4.78, 5) is 27.7. The van der Waals surface area contributed by atoms with Crippen LogP contribution in [0.5, 0.6) is 0 Å². The molecule has 1 aromatic heterocycles. The molecule has 0 spiro atoms. The van der Waals surface area contributed by atoms with Gasteiger partial charge in [-0.1, -0.05) is 6.42 Å². The van der Waals surface area contributed by atoms with Crippen molar-refractivity contribution < 1.29 is 14.7 Å². The molecule has 0 saturated carbocycles. The van der Waals surface area contributed by atoms with Gasteiger partial charge in [0.2, 0.25) is 5.91 Å². The summed E-state index contributed by atoms with van der Waals surface area (Å²) in [5, 5.41) is 21.8. The van der Waals surface area contributed by atoms with Crippen molar-refractivity contribution in [2.45, 2.75) is 43.6 Å². The molecule has 0 aliphatic heterocycles. The van der Waals surface area contributed by atoms with Crippen LogP contribution in [-0.2, 0) is 17.6 Å². The maximum absolute atomic E-state index is 12.1. The zero-order valence-corrected chi connectivity index (χ0v) is 16.2. The van der Waals surface area contributed by atoms with Crippen molar-refractivity contribution in [3.05, 3.63) is 52.7 Å². The van der Waals surface area contributed by atoms with Crippen LogP contribution in [0, 0.1) is 11.3 Å². The summed E-state index contributed by atoms with van der Waals surface area (Å²) in [6.45, 7) is 0. The topological polar surface area (TPSA) is 103 Å². The van der Waals surface area contributed by atoms with E-state index in [0.29, 0.717) is 22.0 Å². The number of amides is 1. The number of nitriles is 1. The average molecular weight is 395 g/mol. The third-order valence-corrected chi connectivity index (χ3v) is 5.61. The van der Waals surface area contributed by atoms with Crippen LogP contribution in [0.2, 0.25) is 0 Å². The standard InChI is InChI=1S/C21H21N3O3S/c22-13-16-12-15-4-2-1-3-5-18(15)24-20(16)28-11-10-19(25)23-17-8-6-14(7-9-17)21(26)27/h6-9,12H,1-5,10-11H2,(H,23,25)(H,26,27). The lowest BCUT2D eigenvalue weighted by Gasteiger charge is -2.10. The van der Waals surface area contributed by atoms with Crippen LogP contribution in [0.1, 0.15) is 52.9 Å². The molecule has 0 saturated heterocycles. The van der Waals surface area contributed by atoms with Crippen LogP contribution in [0.25, 0.3) is 0 Å². The number of rotatable bonds is 6. The number of nitrogens with one attached hydrogen (secondary N) is 1. The summed E-state index contributed by atoms with van der Waals surface area (Å²) >= 11 is 1.42. The normalized spacial score (nSPS) is 13.1. The lowest BCUT2D eigenvalue weighted by Crippen LogP contribution is -2.12. The molecular formula is C21H21N3O3S. The first kappa shape index (κ1) is 19.9. The van der Waals surface area contributed by atoms with Gasteiger partial charge in [0, 0.05) is 23.6 Å². The van der Waals surface area contributed by atoms with Crippen LogP contribution in [0.4, 0.5) is 5.69 Å². The molecular weight excluding hydrogens is 374 g/mol. The van der Waals surface area contributed by atoms with Gasteiger partial charge in [-0.05, 0) is 61.6 Å². The molecule has 7 heteroatoms. The number of hydrogen-bond donors (Lipinski definition) is 2. The van der Waals surface area contributed by atoms with Gasteiger partial charge in [-0.3, -0.25) is 4.79 Å². The Labute approximate surface area is 168 Å². The molecule has 0 bridgehead atoms. The summed E-state index contributed by atoms with van der Waals surface area (Å²) in [6.07, 6.45) is 5.65. The van der Waals surface area contributed by atoms with E-state index >= 15 is 0 Å². The maximum Gasteiger partial charge on any atom is 0.335 e. The van der Waals surface area contributed by atoms with E-state index < -0.39 is 5.97 Å². The van der Waals surface area contributed by atoms with Gasteiger partial charge in [0.15, 0.2) is 0 Å². The average Bonchev–Trinajstić information content (AvgIpc) is 2.92. The van der Waals surface area contributed by atoms with Crippen molar-refractivity contribution in [2.24, 2.45) is 0 Å². The summed E-state index contributed by atoms with van der Waals surface area (Å²) in [5.41, 5.74) is 3.57. The first-order valence-electron chi connectivity index (χ1n) is 9.25. The molecule has 0 unspecified atom stereocenters. The lowest BCUT2D eigenvalue weighted by molar-refractivity contribution is -0.115. The molecule has 28 heavy (non-hydrogen) atoms. The Kier molecular flexibility index (Phi) is 6.66. The molecule has 2 N–H and O–H groups in total. The largest absolute Gasteiger partial charge is 0.478 e. The number of aromatic carboxylic acids is 1. The van der Waals surface area contributed by atoms with Gasteiger partial charge in [0.25, 0.3) is 0 Å². The number of hydrogen-bond acceptors (Lipinski definition) is 5. The van der Waals surface area contributed by atoms with E-state index in [-0.39, 0.29) is 17.9 Å². The predicted octanol–water partition coefficient (Wildman–Crippen LogP) is 4.04. The third-order valence-electron chi connectivity index (χ3n) is 4.62. The van der Waals surface area contributed by atoms with E-state index in [1.54, 1.807) is 12.1 Å². The zero-order chi connectivity index (χ0) is 19.9. The van der Waals surface area contributed by atoms with Crippen molar-refractivity contribution in [1.29, 1.82) is 5.26 Å². The van der Waals surface area contributed by atoms with Gasteiger partial charge >= 0.3 is 5.97 Å². The highest BCUT2D eigenvalue weighted by Crippen LogP contribution is 2.27. The third kappa shape index (κ3) is 5.11. The number of nitrogens with zero attached hydrogens (tertiary/aromatic N) is 2. The number of carbonyl (C=O) groups is 2. The summed E-state index contributed by atoms with van der Waals surface area (Å²) in [6, 6.07) is 10.2. The molecule has 144 valence electrons. The fourth-order valence-corrected chi connectivity index (χ4v) is 4.06. The van der Waals surface area contributed by atoms with E-state index in [4.69, 9.17) is 10.1 Å².